The van der Waals surface area contributed by atoms with Crippen molar-refractivity contribution in [3.63, 3.8) is 0 Å². The van der Waals surface area contributed by atoms with Crippen molar-refractivity contribution in [2.45, 2.75) is 26.3 Å². The van der Waals surface area contributed by atoms with Crippen LogP contribution in [0, 0.1) is 5.92 Å². The summed E-state index contributed by atoms with van der Waals surface area (Å²) >= 11 is 0. The third-order valence-corrected chi connectivity index (χ3v) is 3.27. The van der Waals surface area contributed by atoms with E-state index in [9.17, 15) is 4.79 Å². The van der Waals surface area contributed by atoms with E-state index >= 15 is 0 Å². The SMILES string of the molecule is CC1CC(C)N(C(=O)c2cc(N)cc(N)c2)C1. The van der Waals surface area contributed by atoms with Crippen molar-refractivity contribution in [3.8, 4) is 0 Å². The van der Waals surface area contributed by atoms with Gasteiger partial charge in [-0.05, 0) is 37.5 Å². The Bertz CT molecular complexity index is 424. The van der Waals surface area contributed by atoms with Gasteiger partial charge in [-0.25, -0.2) is 0 Å². The maximum absolute atomic E-state index is 12.3. The van der Waals surface area contributed by atoms with Crippen LogP contribution in [0.25, 0.3) is 0 Å². The molecule has 0 saturated carbocycles. The first-order valence-corrected chi connectivity index (χ1v) is 5.94. The highest BCUT2D eigenvalue weighted by atomic mass is 16.2. The van der Waals surface area contributed by atoms with E-state index in [2.05, 4.69) is 13.8 Å². The number of hydrogen-bond donors (Lipinski definition) is 2. The quantitative estimate of drug-likeness (QED) is 0.725. The predicted octanol–water partition coefficient (Wildman–Crippen LogP) is 1.72. The summed E-state index contributed by atoms with van der Waals surface area (Å²) in [5.74, 6) is 0.591. The number of benzene rings is 1. The molecule has 2 unspecified atom stereocenters. The highest BCUT2D eigenvalue weighted by molar-refractivity contribution is 5.96. The van der Waals surface area contributed by atoms with Gasteiger partial charge in [-0.15, -0.1) is 0 Å². The standard InChI is InChI=1S/C13H19N3O/c1-8-3-9(2)16(7-8)13(17)10-4-11(14)6-12(15)5-10/h4-6,8-9H,3,7,14-15H2,1-2H3. The lowest BCUT2D eigenvalue weighted by Crippen LogP contribution is -2.34. The molecule has 1 aromatic rings. The lowest BCUT2D eigenvalue weighted by molar-refractivity contribution is 0.0744. The van der Waals surface area contributed by atoms with E-state index in [4.69, 9.17) is 11.5 Å². The van der Waals surface area contributed by atoms with Crippen LogP contribution in [-0.2, 0) is 0 Å². The number of anilines is 2. The summed E-state index contributed by atoms with van der Waals surface area (Å²) in [7, 11) is 0. The van der Waals surface area contributed by atoms with Gasteiger partial charge in [0.25, 0.3) is 5.91 Å². The minimum absolute atomic E-state index is 0.0286. The monoisotopic (exact) mass is 233 g/mol. The second kappa shape index (κ2) is 4.28. The summed E-state index contributed by atoms with van der Waals surface area (Å²) in [5, 5.41) is 0. The Balaban J connectivity index is 2.25. The molecule has 2 atom stereocenters. The zero-order valence-corrected chi connectivity index (χ0v) is 10.3. The van der Waals surface area contributed by atoms with Crippen molar-refractivity contribution in [2.75, 3.05) is 18.0 Å². The fraction of sp³-hybridized carbons (Fsp3) is 0.462. The normalized spacial score (nSPS) is 24.0. The number of carbonyl (C=O) groups is 1. The Morgan fingerprint density at radius 3 is 2.29 bits per heavy atom. The van der Waals surface area contributed by atoms with Crippen molar-refractivity contribution in [3.05, 3.63) is 23.8 Å². The zero-order valence-electron chi connectivity index (χ0n) is 10.3. The molecule has 1 aliphatic rings. The Hall–Kier alpha value is -1.71. The molecule has 4 heteroatoms. The van der Waals surface area contributed by atoms with Crippen LogP contribution >= 0.6 is 0 Å². The third kappa shape index (κ3) is 2.35. The summed E-state index contributed by atoms with van der Waals surface area (Å²) in [6, 6.07) is 5.33. The molecule has 0 radical (unpaired) electrons. The molecular formula is C13H19N3O. The molecule has 0 bridgehead atoms. The third-order valence-electron chi connectivity index (χ3n) is 3.27. The van der Waals surface area contributed by atoms with E-state index in [1.54, 1.807) is 18.2 Å². The molecule has 0 spiro atoms. The Kier molecular flexibility index (Phi) is 2.96. The van der Waals surface area contributed by atoms with Gasteiger partial charge < -0.3 is 16.4 Å². The van der Waals surface area contributed by atoms with Crippen molar-refractivity contribution in [1.82, 2.24) is 4.90 Å². The van der Waals surface area contributed by atoms with Gasteiger partial charge in [-0.3, -0.25) is 4.79 Å². The summed E-state index contributed by atoms with van der Waals surface area (Å²) in [4.78, 5) is 14.2. The topological polar surface area (TPSA) is 72.3 Å². The lowest BCUT2D eigenvalue weighted by Gasteiger charge is -2.21. The average Bonchev–Trinajstić information content (AvgIpc) is 2.55. The number of amides is 1. The van der Waals surface area contributed by atoms with Crippen LogP contribution in [0.4, 0.5) is 11.4 Å². The molecule has 17 heavy (non-hydrogen) atoms. The molecule has 1 aliphatic heterocycles. The minimum Gasteiger partial charge on any atom is -0.399 e. The van der Waals surface area contributed by atoms with E-state index in [1.165, 1.54) is 0 Å². The maximum atomic E-state index is 12.3. The molecule has 1 amide bonds. The highest BCUT2D eigenvalue weighted by Crippen LogP contribution is 2.25. The van der Waals surface area contributed by atoms with E-state index in [1.807, 2.05) is 4.90 Å². The Morgan fingerprint density at radius 2 is 1.82 bits per heavy atom. The first-order chi connectivity index (χ1) is 7.97. The first kappa shape index (κ1) is 11.8. The van der Waals surface area contributed by atoms with Crippen LogP contribution in [0.1, 0.15) is 30.6 Å². The molecule has 0 aromatic heterocycles. The van der Waals surface area contributed by atoms with Gasteiger partial charge in [0.05, 0.1) is 0 Å². The molecule has 0 aliphatic carbocycles. The van der Waals surface area contributed by atoms with Crippen molar-refractivity contribution < 1.29 is 4.79 Å². The molecule has 1 saturated heterocycles. The smallest absolute Gasteiger partial charge is 0.254 e. The van der Waals surface area contributed by atoms with Gasteiger partial charge in [-0.1, -0.05) is 6.92 Å². The lowest BCUT2D eigenvalue weighted by atomic mass is 10.1. The Labute approximate surface area is 102 Å². The number of nitrogen functional groups attached to an aromatic ring is 2. The number of rotatable bonds is 1. The number of hydrogen-bond acceptors (Lipinski definition) is 3. The largest absolute Gasteiger partial charge is 0.399 e. The Morgan fingerprint density at radius 1 is 1.24 bits per heavy atom. The molecule has 92 valence electrons. The summed E-state index contributed by atoms with van der Waals surface area (Å²) in [6.45, 7) is 5.06. The molecule has 4 nitrogen and oxygen atoms in total. The number of likely N-dealkylation sites (tertiary alicyclic amines) is 1. The fourth-order valence-corrected chi connectivity index (χ4v) is 2.55. The van der Waals surface area contributed by atoms with E-state index in [-0.39, 0.29) is 5.91 Å². The van der Waals surface area contributed by atoms with E-state index in [0.717, 1.165) is 13.0 Å². The van der Waals surface area contributed by atoms with Crippen LogP contribution in [-0.4, -0.2) is 23.4 Å². The number of nitrogens with two attached hydrogens (primary N) is 2. The second-order valence-corrected chi connectivity index (χ2v) is 5.04. The van der Waals surface area contributed by atoms with Crippen LogP contribution < -0.4 is 11.5 Å². The minimum atomic E-state index is 0.0286. The average molecular weight is 233 g/mol. The molecule has 1 aromatic carbocycles. The van der Waals surface area contributed by atoms with Crippen LogP contribution in [0.5, 0.6) is 0 Å². The van der Waals surface area contributed by atoms with Crippen LogP contribution in [0.15, 0.2) is 18.2 Å². The maximum Gasteiger partial charge on any atom is 0.254 e. The molecular weight excluding hydrogens is 214 g/mol. The highest BCUT2D eigenvalue weighted by Gasteiger charge is 2.30. The van der Waals surface area contributed by atoms with Crippen LogP contribution in [0.2, 0.25) is 0 Å². The van der Waals surface area contributed by atoms with Gasteiger partial charge in [0, 0.05) is 29.5 Å². The molecule has 4 N–H and O–H groups in total. The number of nitrogens with zero attached hydrogens (tertiary/aromatic N) is 1. The van der Waals surface area contributed by atoms with Crippen molar-refractivity contribution in [2.24, 2.45) is 5.92 Å². The van der Waals surface area contributed by atoms with Gasteiger partial charge in [-0.2, -0.15) is 0 Å². The first-order valence-electron chi connectivity index (χ1n) is 5.94. The zero-order chi connectivity index (χ0) is 12.6. The van der Waals surface area contributed by atoms with E-state index in [0.29, 0.717) is 28.9 Å². The molecule has 1 fully saturated rings. The molecule has 2 rings (SSSR count). The van der Waals surface area contributed by atoms with Gasteiger partial charge >= 0.3 is 0 Å². The van der Waals surface area contributed by atoms with Crippen LogP contribution in [0.3, 0.4) is 0 Å². The van der Waals surface area contributed by atoms with Crippen molar-refractivity contribution >= 4 is 17.3 Å². The van der Waals surface area contributed by atoms with Crippen molar-refractivity contribution in [1.29, 1.82) is 0 Å². The van der Waals surface area contributed by atoms with E-state index < -0.39 is 0 Å². The second-order valence-electron chi connectivity index (χ2n) is 5.04. The van der Waals surface area contributed by atoms with Gasteiger partial charge in [0.2, 0.25) is 0 Å². The summed E-state index contributed by atoms with van der Waals surface area (Å²) < 4.78 is 0. The molecule has 1 heterocycles. The van der Waals surface area contributed by atoms with Gasteiger partial charge in [0.1, 0.15) is 0 Å². The summed E-state index contributed by atoms with van der Waals surface area (Å²) in [6.07, 6.45) is 1.06. The number of carbonyl (C=O) groups excluding carboxylic acids is 1. The predicted molar refractivity (Wildman–Crippen MR) is 69.5 cm³/mol. The van der Waals surface area contributed by atoms with Gasteiger partial charge in [0.15, 0.2) is 0 Å². The summed E-state index contributed by atoms with van der Waals surface area (Å²) in [5.41, 5.74) is 13.1. The fourth-order valence-electron chi connectivity index (χ4n) is 2.55.